The average molecular weight is 389 g/mol. The van der Waals surface area contributed by atoms with Gasteiger partial charge in [-0.1, -0.05) is 46.0 Å². The Morgan fingerprint density at radius 1 is 0.889 bits per heavy atom. The van der Waals surface area contributed by atoms with E-state index in [1.165, 1.54) is 25.7 Å². The molecule has 0 aliphatic heterocycles. The molecule has 0 saturated heterocycles. The Bertz CT molecular complexity index is 411. The van der Waals surface area contributed by atoms with Gasteiger partial charge in [0.05, 0.1) is 6.61 Å². The molecule has 1 fully saturated rings. The Balaban J connectivity index is 1.98. The lowest BCUT2D eigenvalue weighted by atomic mass is 9.95. The number of rotatable bonds is 13. The van der Waals surface area contributed by atoms with E-state index in [0.717, 1.165) is 31.6 Å². The Kier molecular flexibility index (Phi) is 12.7. The minimum atomic E-state index is -1.35. The third kappa shape index (κ3) is 12.5. The maximum absolute atomic E-state index is 11.7. The van der Waals surface area contributed by atoms with Crippen LogP contribution >= 0.6 is 0 Å². The molecule has 0 spiro atoms. The topological polar surface area (TPSA) is 91.3 Å². The fourth-order valence-corrected chi connectivity index (χ4v) is 3.19. The van der Waals surface area contributed by atoms with Crippen molar-refractivity contribution in [2.24, 2.45) is 5.92 Å². The van der Waals surface area contributed by atoms with Crippen molar-refractivity contribution in [2.75, 3.05) is 19.8 Å². The molecule has 2 unspecified atom stereocenters. The van der Waals surface area contributed by atoms with Gasteiger partial charge in [-0.05, 0) is 38.0 Å². The fraction of sp³-hybridized carbons (Fsp3) is 0.900. The first kappa shape index (κ1) is 23.5. The summed E-state index contributed by atoms with van der Waals surface area (Å²) in [6.07, 6.45) is 6.84. The van der Waals surface area contributed by atoms with Crippen molar-refractivity contribution in [3.8, 4) is 0 Å². The van der Waals surface area contributed by atoms with E-state index < -0.39 is 24.5 Å². The highest BCUT2D eigenvalue weighted by molar-refractivity contribution is 5.60. The average Bonchev–Trinajstić information content (AvgIpc) is 2.60. The lowest BCUT2D eigenvalue weighted by Crippen LogP contribution is -2.37. The predicted octanol–water partition coefficient (Wildman–Crippen LogP) is 5.16. The third-order valence-electron chi connectivity index (χ3n) is 4.66. The summed E-state index contributed by atoms with van der Waals surface area (Å²) in [5.41, 5.74) is 0. The van der Waals surface area contributed by atoms with Crippen molar-refractivity contribution in [1.29, 1.82) is 0 Å². The number of hydrogen-bond donors (Lipinski definition) is 1. The first-order valence-corrected chi connectivity index (χ1v) is 10.3. The Morgan fingerprint density at radius 3 is 2.19 bits per heavy atom. The highest BCUT2D eigenvalue weighted by atomic mass is 16.7. The molecule has 0 aromatic rings. The molecule has 2 atom stereocenters. The molecule has 158 valence electrons. The largest absolute Gasteiger partial charge is 0.508 e. The maximum atomic E-state index is 11.7. The van der Waals surface area contributed by atoms with Crippen molar-refractivity contribution in [3.05, 3.63) is 0 Å². The van der Waals surface area contributed by atoms with Gasteiger partial charge in [-0.3, -0.25) is 0 Å². The van der Waals surface area contributed by atoms with Crippen LogP contribution in [-0.2, 0) is 18.9 Å². The lowest BCUT2D eigenvalue weighted by molar-refractivity contribution is -0.0678. The lowest BCUT2D eigenvalue weighted by Gasteiger charge is -2.29. The molecular formula is C20H36O7. The van der Waals surface area contributed by atoms with Gasteiger partial charge in [0.1, 0.15) is 18.8 Å². The number of unbranched alkanes of at least 4 members (excludes halogenated alkanes) is 4. The van der Waals surface area contributed by atoms with E-state index in [2.05, 4.69) is 13.8 Å². The maximum Gasteiger partial charge on any atom is 0.508 e. The van der Waals surface area contributed by atoms with Crippen molar-refractivity contribution in [3.63, 3.8) is 0 Å². The normalized spacial score (nSPS) is 19.7. The second-order valence-electron chi connectivity index (χ2n) is 7.52. The molecular weight excluding hydrogens is 352 g/mol. The van der Waals surface area contributed by atoms with Gasteiger partial charge < -0.3 is 24.1 Å². The molecule has 7 heteroatoms. The van der Waals surface area contributed by atoms with Gasteiger partial charge in [0.2, 0.25) is 0 Å². The van der Waals surface area contributed by atoms with Crippen LogP contribution in [-0.4, -0.2) is 49.4 Å². The fourth-order valence-electron chi connectivity index (χ4n) is 3.19. The van der Waals surface area contributed by atoms with Crippen LogP contribution in [0.25, 0.3) is 0 Å². The van der Waals surface area contributed by atoms with Crippen molar-refractivity contribution >= 4 is 12.3 Å². The van der Waals surface area contributed by atoms with Gasteiger partial charge in [0, 0.05) is 6.61 Å². The third-order valence-corrected chi connectivity index (χ3v) is 4.66. The van der Waals surface area contributed by atoms with Crippen LogP contribution in [0.1, 0.15) is 78.1 Å². The van der Waals surface area contributed by atoms with Crippen LogP contribution in [0.4, 0.5) is 9.59 Å². The van der Waals surface area contributed by atoms with Gasteiger partial charge in [-0.25, -0.2) is 9.59 Å². The van der Waals surface area contributed by atoms with E-state index in [9.17, 15) is 9.59 Å². The van der Waals surface area contributed by atoms with E-state index in [-0.39, 0.29) is 6.61 Å². The SMILES string of the molecule is CC(C)CCCCCCCOCCOC(=O)OC1CCCCC1OC(=O)O. The zero-order valence-corrected chi connectivity index (χ0v) is 16.8. The predicted molar refractivity (Wildman–Crippen MR) is 101 cm³/mol. The van der Waals surface area contributed by atoms with Crippen LogP contribution in [0.3, 0.4) is 0 Å². The van der Waals surface area contributed by atoms with Crippen LogP contribution < -0.4 is 0 Å². The first-order chi connectivity index (χ1) is 13.0. The first-order valence-electron chi connectivity index (χ1n) is 10.3. The van der Waals surface area contributed by atoms with Gasteiger partial charge in [0.15, 0.2) is 0 Å². The summed E-state index contributed by atoms with van der Waals surface area (Å²) < 4.78 is 20.4. The molecule has 1 aliphatic carbocycles. The molecule has 1 aliphatic rings. The molecule has 1 N–H and O–H groups in total. The van der Waals surface area contributed by atoms with Crippen LogP contribution in [0.2, 0.25) is 0 Å². The molecule has 1 saturated carbocycles. The highest BCUT2D eigenvalue weighted by Crippen LogP contribution is 2.24. The number of carbonyl (C=O) groups is 2. The van der Waals surface area contributed by atoms with Crippen LogP contribution in [0.5, 0.6) is 0 Å². The van der Waals surface area contributed by atoms with Crippen molar-refractivity contribution in [2.45, 2.75) is 90.3 Å². The molecule has 7 nitrogen and oxygen atoms in total. The van der Waals surface area contributed by atoms with E-state index in [0.29, 0.717) is 26.1 Å². The molecule has 27 heavy (non-hydrogen) atoms. The molecule has 0 heterocycles. The van der Waals surface area contributed by atoms with Crippen LogP contribution in [0, 0.1) is 5.92 Å². The second-order valence-corrected chi connectivity index (χ2v) is 7.52. The molecule has 0 aromatic heterocycles. The number of carbonyl (C=O) groups excluding carboxylic acids is 1. The van der Waals surface area contributed by atoms with E-state index in [4.69, 9.17) is 24.1 Å². The smallest absolute Gasteiger partial charge is 0.450 e. The van der Waals surface area contributed by atoms with E-state index in [1.807, 2.05) is 0 Å². The zero-order chi connectivity index (χ0) is 19.9. The molecule has 1 rings (SSSR count). The Labute approximate surface area is 162 Å². The number of hydrogen-bond acceptors (Lipinski definition) is 6. The Hall–Kier alpha value is -1.50. The summed E-state index contributed by atoms with van der Waals surface area (Å²) in [7, 11) is 0. The summed E-state index contributed by atoms with van der Waals surface area (Å²) >= 11 is 0. The number of ether oxygens (including phenoxy) is 4. The molecule has 0 radical (unpaired) electrons. The highest BCUT2D eigenvalue weighted by Gasteiger charge is 2.31. The summed E-state index contributed by atoms with van der Waals surface area (Å²) in [6.45, 7) is 5.64. The van der Waals surface area contributed by atoms with Gasteiger partial charge in [0.25, 0.3) is 0 Å². The van der Waals surface area contributed by atoms with E-state index >= 15 is 0 Å². The number of carboxylic acid groups (broad SMARTS) is 1. The van der Waals surface area contributed by atoms with Crippen LogP contribution in [0.15, 0.2) is 0 Å². The summed E-state index contributed by atoms with van der Waals surface area (Å²) in [6, 6.07) is 0. The Morgan fingerprint density at radius 2 is 1.52 bits per heavy atom. The second kappa shape index (κ2) is 14.5. The van der Waals surface area contributed by atoms with Gasteiger partial charge in [-0.15, -0.1) is 0 Å². The van der Waals surface area contributed by atoms with Gasteiger partial charge >= 0.3 is 12.3 Å². The molecule has 0 amide bonds. The summed E-state index contributed by atoms with van der Waals surface area (Å²) in [5.74, 6) is 0.786. The monoisotopic (exact) mass is 388 g/mol. The zero-order valence-electron chi connectivity index (χ0n) is 16.8. The molecule has 0 bridgehead atoms. The standard InChI is InChI=1S/C20H36O7/c1-16(2)10-6-4-3-5-9-13-24-14-15-25-20(23)27-18-12-8-7-11-17(18)26-19(21)22/h16-18H,3-15H2,1-2H3,(H,21,22). The minimum Gasteiger partial charge on any atom is -0.450 e. The van der Waals surface area contributed by atoms with Crippen molar-refractivity contribution < 1.29 is 33.6 Å². The minimum absolute atomic E-state index is 0.129. The van der Waals surface area contributed by atoms with Crippen molar-refractivity contribution in [1.82, 2.24) is 0 Å². The quantitative estimate of drug-likeness (QED) is 0.344. The van der Waals surface area contributed by atoms with Gasteiger partial charge in [-0.2, -0.15) is 0 Å². The van der Waals surface area contributed by atoms with E-state index in [1.54, 1.807) is 0 Å². The molecule has 0 aromatic carbocycles. The summed E-state index contributed by atoms with van der Waals surface area (Å²) in [5, 5.41) is 8.73. The summed E-state index contributed by atoms with van der Waals surface area (Å²) in [4.78, 5) is 22.4.